The Morgan fingerprint density at radius 3 is 2.56 bits per heavy atom. The molecule has 2 nitrogen and oxygen atoms in total. The van der Waals surface area contributed by atoms with Gasteiger partial charge < -0.3 is 10.5 Å². The Bertz CT molecular complexity index is 390. The lowest BCUT2D eigenvalue weighted by Crippen LogP contribution is -2.13. The Kier molecular flexibility index (Phi) is 4.87. The molecule has 0 heterocycles. The Hall–Kier alpha value is -1.39. The van der Waals surface area contributed by atoms with Gasteiger partial charge in [-0.25, -0.2) is 0 Å². The van der Waals surface area contributed by atoms with Gasteiger partial charge in [-0.15, -0.1) is 0 Å². The van der Waals surface area contributed by atoms with Crippen LogP contribution < -0.4 is 10.5 Å². The summed E-state index contributed by atoms with van der Waals surface area (Å²) in [5, 5.41) is 0. The summed E-state index contributed by atoms with van der Waals surface area (Å²) >= 11 is 0. The van der Waals surface area contributed by atoms with E-state index in [1.165, 1.54) is 12.1 Å². The third-order valence-corrected chi connectivity index (χ3v) is 2.61. The van der Waals surface area contributed by atoms with E-state index in [4.69, 9.17) is 10.5 Å². The number of hydrogen-bond donors (Lipinski definition) is 1. The number of nitrogen functional groups attached to an aromatic ring is 1. The molecule has 0 saturated carbocycles. The van der Waals surface area contributed by atoms with Crippen molar-refractivity contribution in [1.82, 2.24) is 0 Å². The number of anilines is 1. The average Bonchev–Trinajstić information content (AvgIpc) is 2.26. The summed E-state index contributed by atoms with van der Waals surface area (Å²) in [5.74, 6) is 0.0771. The minimum Gasteiger partial charge on any atom is -0.493 e. The number of hydrogen-bond acceptors (Lipinski definition) is 2. The van der Waals surface area contributed by atoms with Crippen LogP contribution >= 0.6 is 0 Å². The Balaban J connectivity index is 2.82. The maximum absolute atomic E-state index is 12.8. The van der Waals surface area contributed by atoms with E-state index in [0.29, 0.717) is 0 Å². The average molecular weight is 261 g/mol. The molecule has 1 rings (SSSR count). The molecule has 2 N–H and O–H groups in total. The van der Waals surface area contributed by atoms with Gasteiger partial charge in [0.25, 0.3) is 0 Å². The summed E-state index contributed by atoms with van der Waals surface area (Å²) in [5.41, 5.74) is 4.64. The summed E-state index contributed by atoms with van der Waals surface area (Å²) < 4.78 is 43.6. The van der Waals surface area contributed by atoms with Crippen LogP contribution in [0.1, 0.15) is 32.3 Å². The first-order chi connectivity index (χ1) is 8.34. The predicted octanol–water partition coefficient (Wildman–Crippen LogP) is 4.10. The van der Waals surface area contributed by atoms with Crippen molar-refractivity contribution < 1.29 is 17.9 Å². The molecule has 0 aromatic heterocycles. The highest BCUT2D eigenvalue weighted by molar-refractivity contribution is 5.49. The number of nitrogens with two attached hydrogens (primary N) is 1. The minimum absolute atomic E-state index is 0.0799. The van der Waals surface area contributed by atoms with E-state index >= 15 is 0 Å². The standard InChI is InChI=1S/C13H18F3NO/c1-3-4-9(2)8-18-12-6-5-10(17)7-11(12)13(14,15)16/h5-7,9H,3-4,8,17H2,1-2H3/t9-/m0/s1. The lowest BCUT2D eigenvalue weighted by atomic mass is 10.1. The fraction of sp³-hybridized carbons (Fsp3) is 0.538. The molecule has 1 aromatic carbocycles. The van der Waals surface area contributed by atoms with E-state index in [-0.39, 0.29) is 24.0 Å². The first-order valence-corrected chi connectivity index (χ1v) is 5.94. The van der Waals surface area contributed by atoms with Crippen molar-refractivity contribution in [1.29, 1.82) is 0 Å². The highest BCUT2D eigenvalue weighted by Crippen LogP contribution is 2.37. The molecule has 102 valence electrons. The second kappa shape index (κ2) is 5.98. The van der Waals surface area contributed by atoms with Crippen molar-refractivity contribution in [2.24, 2.45) is 5.92 Å². The molecular formula is C13H18F3NO. The first kappa shape index (κ1) is 14.7. The fourth-order valence-corrected chi connectivity index (χ4v) is 1.70. The third-order valence-electron chi connectivity index (χ3n) is 2.61. The highest BCUT2D eigenvalue weighted by atomic mass is 19.4. The van der Waals surface area contributed by atoms with Crippen LogP contribution in [0.5, 0.6) is 5.75 Å². The van der Waals surface area contributed by atoms with E-state index in [0.717, 1.165) is 18.9 Å². The number of halogens is 3. The van der Waals surface area contributed by atoms with Crippen LogP contribution in [0.3, 0.4) is 0 Å². The summed E-state index contributed by atoms with van der Waals surface area (Å²) in [4.78, 5) is 0. The Morgan fingerprint density at radius 2 is 2.00 bits per heavy atom. The van der Waals surface area contributed by atoms with Gasteiger partial charge >= 0.3 is 6.18 Å². The van der Waals surface area contributed by atoms with Crippen molar-refractivity contribution in [3.8, 4) is 5.75 Å². The van der Waals surface area contributed by atoms with E-state index in [2.05, 4.69) is 0 Å². The van der Waals surface area contributed by atoms with Crippen LogP contribution in [-0.2, 0) is 6.18 Å². The molecule has 0 bridgehead atoms. The van der Waals surface area contributed by atoms with Crippen molar-refractivity contribution in [2.75, 3.05) is 12.3 Å². The van der Waals surface area contributed by atoms with Crippen molar-refractivity contribution in [2.45, 2.75) is 32.9 Å². The number of rotatable bonds is 5. The molecule has 0 radical (unpaired) electrons. The second-order valence-corrected chi connectivity index (χ2v) is 4.46. The molecule has 0 fully saturated rings. The summed E-state index contributed by atoms with van der Waals surface area (Å²) in [6, 6.07) is 3.59. The van der Waals surface area contributed by atoms with Crippen LogP contribution in [0.25, 0.3) is 0 Å². The van der Waals surface area contributed by atoms with Gasteiger partial charge in [0.2, 0.25) is 0 Å². The van der Waals surface area contributed by atoms with Gasteiger partial charge in [-0.1, -0.05) is 20.3 Å². The molecule has 5 heteroatoms. The highest BCUT2D eigenvalue weighted by Gasteiger charge is 2.34. The zero-order chi connectivity index (χ0) is 13.8. The summed E-state index contributed by atoms with van der Waals surface area (Å²) in [7, 11) is 0. The zero-order valence-corrected chi connectivity index (χ0v) is 10.6. The van der Waals surface area contributed by atoms with Gasteiger partial charge in [0, 0.05) is 5.69 Å². The maximum atomic E-state index is 12.8. The van der Waals surface area contributed by atoms with E-state index in [1.54, 1.807) is 0 Å². The van der Waals surface area contributed by atoms with Gasteiger partial charge in [-0.3, -0.25) is 0 Å². The van der Waals surface area contributed by atoms with Crippen LogP contribution in [0.2, 0.25) is 0 Å². The van der Waals surface area contributed by atoms with Crippen molar-refractivity contribution >= 4 is 5.69 Å². The van der Waals surface area contributed by atoms with Gasteiger partial charge in [0.1, 0.15) is 5.75 Å². The predicted molar refractivity (Wildman–Crippen MR) is 65.4 cm³/mol. The molecule has 18 heavy (non-hydrogen) atoms. The molecule has 0 aliphatic heterocycles. The lowest BCUT2D eigenvalue weighted by molar-refractivity contribution is -0.139. The van der Waals surface area contributed by atoms with E-state index in [9.17, 15) is 13.2 Å². The van der Waals surface area contributed by atoms with E-state index < -0.39 is 11.7 Å². The van der Waals surface area contributed by atoms with Crippen LogP contribution in [0.4, 0.5) is 18.9 Å². The lowest BCUT2D eigenvalue weighted by Gasteiger charge is -2.17. The second-order valence-electron chi connectivity index (χ2n) is 4.46. The number of alkyl halides is 3. The zero-order valence-electron chi connectivity index (χ0n) is 10.6. The molecule has 0 unspecified atom stereocenters. The summed E-state index contributed by atoms with van der Waals surface area (Å²) in [6.07, 6.45) is -2.53. The SMILES string of the molecule is CCC[C@H](C)COc1ccc(N)cc1C(F)(F)F. The molecule has 0 aliphatic rings. The Labute approximate surface area is 105 Å². The molecule has 1 aromatic rings. The van der Waals surface area contributed by atoms with Crippen molar-refractivity contribution in [3.05, 3.63) is 23.8 Å². The van der Waals surface area contributed by atoms with Crippen LogP contribution in [0, 0.1) is 5.92 Å². The van der Waals surface area contributed by atoms with Gasteiger partial charge in [0.15, 0.2) is 0 Å². The molecule has 0 aliphatic carbocycles. The molecule has 1 atom stereocenters. The maximum Gasteiger partial charge on any atom is 0.420 e. The largest absolute Gasteiger partial charge is 0.493 e. The normalized spacial score (nSPS) is 13.4. The minimum atomic E-state index is -4.45. The smallest absolute Gasteiger partial charge is 0.420 e. The molecular weight excluding hydrogens is 243 g/mol. The summed E-state index contributed by atoms with van der Waals surface area (Å²) in [6.45, 7) is 4.26. The van der Waals surface area contributed by atoms with Crippen LogP contribution in [-0.4, -0.2) is 6.61 Å². The third kappa shape index (κ3) is 4.13. The molecule has 0 spiro atoms. The topological polar surface area (TPSA) is 35.2 Å². The quantitative estimate of drug-likeness (QED) is 0.810. The van der Waals surface area contributed by atoms with E-state index in [1.807, 2.05) is 13.8 Å². The van der Waals surface area contributed by atoms with Gasteiger partial charge in [-0.2, -0.15) is 13.2 Å². The molecule has 0 saturated heterocycles. The Morgan fingerprint density at radius 1 is 1.33 bits per heavy atom. The number of ether oxygens (including phenoxy) is 1. The number of benzene rings is 1. The van der Waals surface area contributed by atoms with Crippen LogP contribution in [0.15, 0.2) is 18.2 Å². The molecule has 0 amide bonds. The fourth-order valence-electron chi connectivity index (χ4n) is 1.70. The van der Waals surface area contributed by atoms with Crippen molar-refractivity contribution in [3.63, 3.8) is 0 Å². The van der Waals surface area contributed by atoms with Gasteiger partial charge in [-0.05, 0) is 30.5 Å². The first-order valence-electron chi connectivity index (χ1n) is 5.94. The monoisotopic (exact) mass is 261 g/mol. The van der Waals surface area contributed by atoms with Gasteiger partial charge in [0.05, 0.1) is 12.2 Å².